The monoisotopic (exact) mass is 308 g/mol. The lowest BCUT2D eigenvalue weighted by atomic mass is 9.84. The zero-order valence-corrected chi connectivity index (χ0v) is 12.9. The van der Waals surface area contributed by atoms with Crippen LogP contribution in [0.5, 0.6) is 0 Å². The third kappa shape index (κ3) is 3.97. The van der Waals surface area contributed by atoms with Crippen molar-refractivity contribution in [1.82, 2.24) is 10.3 Å². The Morgan fingerprint density at radius 2 is 2.10 bits per heavy atom. The second kappa shape index (κ2) is 7.45. The van der Waals surface area contributed by atoms with Gasteiger partial charge in [-0.1, -0.05) is 19.3 Å². The first-order chi connectivity index (χ1) is 10.1. The average molecular weight is 308 g/mol. The van der Waals surface area contributed by atoms with Crippen LogP contribution in [0.25, 0.3) is 0 Å². The number of rotatable bonds is 5. The molecule has 1 aromatic rings. The Bertz CT molecular complexity index is 515. The number of hydrogen-bond acceptors (Lipinski definition) is 4. The molecule has 1 aliphatic carbocycles. The number of carboxylic acids is 1. The highest BCUT2D eigenvalue weighted by Gasteiger charge is 2.31. The van der Waals surface area contributed by atoms with E-state index in [9.17, 15) is 14.7 Å². The molecule has 0 bridgehead atoms. The highest BCUT2D eigenvalue weighted by molar-refractivity contribution is 7.98. The van der Waals surface area contributed by atoms with Crippen LogP contribution in [0.2, 0.25) is 0 Å². The number of aliphatic carboxylic acids is 1. The van der Waals surface area contributed by atoms with Crippen LogP contribution in [-0.4, -0.2) is 34.3 Å². The standard InChI is InChI=1S/C15H20N2O3S/c1-21-14-11(8-5-9-16-14)13(18)17-12(15(19)20)10-6-3-2-4-7-10/h5,8-10,12H,2-4,6-7H2,1H3,(H,17,18)(H,19,20). The second-order valence-corrected chi connectivity index (χ2v) is 6.04. The number of nitrogens with zero attached hydrogens (tertiary/aromatic N) is 1. The van der Waals surface area contributed by atoms with Gasteiger partial charge < -0.3 is 10.4 Å². The van der Waals surface area contributed by atoms with Crippen molar-refractivity contribution in [2.24, 2.45) is 5.92 Å². The predicted octanol–water partition coefficient (Wildman–Crippen LogP) is 2.57. The lowest BCUT2D eigenvalue weighted by molar-refractivity contribution is -0.141. The Labute approximate surface area is 128 Å². The van der Waals surface area contributed by atoms with Gasteiger partial charge in [-0.2, -0.15) is 0 Å². The summed E-state index contributed by atoms with van der Waals surface area (Å²) in [4.78, 5) is 28.0. The smallest absolute Gasteiger partial charge is 0.326 e. The second-order valence-electron chi connectivity index (χ2n) is 5.25. The van der Waals surface area contributed by atoms with Crippen LogP contribution in [0, 0.1) is 5.92 Å². The van der Waals surface area contributed by atoms with Crippen molar-refractivity contribution in [3.8, 4) is 0 Å². The quantitative estimate of drug-likeness (QED) is 0.817. The Morgan fingerprint density at radius 3 is 2.71 bits per heavy atom. The lowest BCUT2D eigenvalue weighted by Gasteiger charge is -2.28. The van der Waals surface area contributed by atoms with Gasteiger partial charge in [0.25, 0.3) is 5.91 Å². The van der Waals surface area contributed by atoms with Gasteiger partial charge in [-0.3, -0.25) is 4.79 Å². The summed E-state index contributed by atoms with van der Waals surface area (Å²) in [7, 11) is 0. The normalized spacial score (nSPS) is 17.2. The number of hydrogen-bond donors (Lipinski definition) is 2. The number of carboxylic acid groups (broad SMARTS) is 1. The van der Waals surface area contributed by atoms with Gasteiger partial charge in [0.1, 0.15) is 11.1 Å². The van der Waals surface area contributed by atoms with E-state index in [-0.39, 0.29) is 11.8 Å². The molecule has 1 unspecified atom stereocenters. The van der Waals surface area contributed by atoms with Gasteiger partial charge in [0.2, 0.25) is 0 Å². The number of carbonyl (C=O) groups excluding carboxylic acids is 1. The van der Waals surface area contributed by atoms with Crippen molar-refractivity contribution >= 4 is 23.6 Å². The Hall–Kier alpha value is -1.56. The van der Waals surface area contributed by atoms with E-state index in [4.69, 9.17) is 0 Å². The number of amides is 1. The van der Waals surface area contributed by atoms with Gasteiger partial charge in [0.15, 0.2) is 0 Å². The summed E-state index contributed by atoms with van der Waals surface area (Å²) in [5.74, 6) is -1.29. The highest BCUT2D eigenvalue weighted by atomic mass is 32.2. The molecule has 1 saturated carbocycles. The van der Waals surface area contributed by atoms with Crippen LogP contribution in [0.4, 0.5) is 0 Å². The number of thioether (sulfide) groups is 1. The minimum atomic E-state index is -0.954. The first-order valence-electron chi connectivity index (χ1n) is 7.16. The molecule has 2 rings (SSSR count). The molecule has 5 nitrogen and oxygen atoms in total. The third-order valence-corrected chi connectivity index (χ3v) is 4.60. The molecule has 1 aliphatic rings. The molecule has 1 aromatic heterocycles. The highest BCUT2D eigenvalue weighted by Crippen LogP contribution is 2.27. The first kappa shape index (κ1) is 15.8. The molecule has 6 heteroatoms. The Kier molecular flexibility index (Phi) is 5.61. The number of aromatic nitrogens is 1. The summed E-state index contributed by atoms with van der Waals surface area (Å²) in [5, 5.41) is 12.7. The summed E-state index contributed by atoms with van der Waals surface area (Å²) in [6, 6.07) is 2.55. The lowest BCUT2D eigenvalue weighted by Crippen LogP contribution is -2.46. The average Bonchev–Trinajstić information content (AvgIpc) is 2.52. The Morgan fingerprint density at radius 1 is 1.38 bits per heavy atom. The summed E-state index contributed by atoms with van der Waals surface area (Å²) in [6.07, 6.45) is 8.41. The molecule has 1 amide bonds. The zero-order chi connectivity index (χ0) is 15.2. The maximum atomic E-state index is 12.4. The zero-order valence-electron chi connectivity index (χ0n) is 12.0. The number of pyridine rings is 1. The summed E-state index contributed by atoms with van der Waals surface area (Å²) in [6.45, 7) is 0. The van der Waals surface area contributed by atoms with Crippen molar-refractivity contribution < 1.29 is 14.7 Å². The molecular formula is C15H20N2O3S. The number of nitrogens with one attached hydrogen (secondary N) is 1. The van der Waals surface area contributed by atoms with E-state index in [1.807, 2.05) is 6.26 Å². The van der Waals surface area contributed by atoms with E-state index in [1.54, 1.807) is 18.3 Å². The van der Waals surface area contributed by atoms with Gasteiger partial charge in [-0.25, -0.2) is 9.78 Å². The first-order valence-corrected chi connectivity index (χ1v) is 8.38. The summed E-state index contributed by atoms with van der Waals surface area (Å²) < 4.78 is 0. The molecule has 0 spiro atoms. The predicted molar refractivity (Wildman–Crippen MR) is 81.5 cm³/mol. The van der Waals surface area contributed by atoms with Crippen molar-refractivity contribution in [2.45, 2.75) is 43.2 Å². The summed E-state index contributed by atoms with van der Waals surface area (Å²) >= 11 is 1.38. The van der Waals surface area contributed by atoms with E-state index in [0.717, 1.165) is 32.1 Å². The maximum Gasteiger partial charge on any atom is 0.326 e. The van der Waals surface area contributed by atoms with Crippen LogP contribution in [0.3, 0.4) is 0 Å². The van der Waals surface area contributed by atoms with Crippen molar-refractivity contribution in [3.05, 3.63) is 23.9 Å². The maximum absolute atomic E-state index is 12.4. The molecule has 0 aliphatic heterocycles. The van der Waals surface area contributed by atoms with Crippen molar-refractivity contribution in [1.29, 1.82) is 0 Å². The molecule has 1 fully saturated rings. The third-order valence-electron chi connectivity index (χ3n) is 3.88. The fourth-order valence-corrected chi connectivity index (χ4v) is 3.34. The minimum Gasteiger partial charge on any atom is -0.480 e. The van der Waals surface area contributed by atoms with Gasteiger partial charge in [-0.15, -0.1) is 11.8 Å². The van der Waals surface area contributed by atoms with Crippen molar-refractivity contribution in [3.63, 3.8) is 0 Å². The molecule has 1 heterocycles. The molecule has 1 atom stereocenters. The molecule has 0 saturated heterocycles. The van der Waals surface area contributed by atoms with E-state index >= 15 is 0 Å². The van der Waals surface area contributed by atoms with Gasteiger partial charge in [0.05, 0.1) is 5.56 Å². The fourth-order valence-electron chi connectivity index (χ4n) is 2.79. The molecule has 21 heavy (non-hydrogen) atoms. The molecule has 0 aromatic carbocycles. The molecule has 114 valence electrons. The largest absolute Gasteiger partial charge is 0.480 e. The van der Waals surface area contributed by atoms with Crippen LogP contribution in [0.1, 0.15) is 42.5 Å². The fraction of sp³-hybridized carbons (Fsp3) is 0.533. The summed E-state index contributed by atoms with van der Waals surface area (Å²) in [5.41, 5.74) is 0.437. The van der Waals surface area contributed by atoms with E-state index < -0.39 is 12.0 Å². The van der Waals surface area contributed by atoms with Gasteiger partial charge in [0, 0.05) is 6.20 Å². The van der Waals surface area contributed by atoms with Gasteiger partial charge in [-0.05, 0) is 37.1 Å². The number of carbonyl (C=O) groups is 2. The topological polar surface area (TPSA) is 79.3 Å². The van der Waals surface area contributed by atoms with Crippen LogP contribution in [0.15, 0.2) is 23.4 Å². The SMILES string of the molecule is CSc1ncccc1C(=O)NC(C(=O)O)C1CCCCC1. The minimum absolute atomic E-state index is 0.0228. The van der Waals surface area contributed by atoms with Crippen molar-refractivity contribution in [2.75, 3.05) is 6.26 Å². The molecular weight excluding hydrogens is 288 g/mol. The van der Waals surface area contributed by atoms with E-state index in [0.29, 0.717) is 10.6 Å². The van der Waals surface area contributed by atoms with Crippen LogP contribution in [-0.2, 0) is 4.79 Å². The van der Waals surface area contributed by atoms with E-state index in [2.05, 4.69) is 10.3 Å². The van der Waals surface area contributed by atoms with Crippen LogP contribution < -0.4 is 5.32 Å². The molecule has 2 N–H and O–H groups in total. The Balaban J connectivity index is 2.12. The van der Waals surface area contributed by atoms with Gasteiger partial charge >= 0.3 is 5.97 Å². The van der Waals surface area contributed by atoms with E-state index in [1.165, 1.54) is 11.8 Å². The molecule has 0 radical (unpaired) electrons. The van der Waals surface area contributed by atoms with Crippen LogP contribution >= 0.6 is 11.8 Å².